The molecule has 0 heterocycles. The van der Waals surface area contributed by atoms with Crippen LogP contribution in [0.2, 0.25) is 0 Å². The first-order chi connectivity index (χ1) is 6.86. The normalized spacial score (nSPS) is 9.86. The molecule has 0 saturated carbocycles. The predicted molar refractivity (Wildman–Crippen MR) is 56.8 cm³/mol. The Labute approximate surface area is 84.8 Å². The minimum Gasteiger partial charge on any atom is -0.494 e. The molecule has 0 amide bonds. The lowest BCUT2D eigenvalue weighted by Crippen LogP contribution is -2.05. The fraction of sp³-hybridized carbons (Fsp3) is 0.455. The van der Waals surface area contributed by atoms with Crippen LogP contribution in [0, 0.1) is 0 Å². The van der Waals surface area contributed by atoms with Gasteiger partial charge in [-0.1, -0.05) is 0 Å². The topological polar surface area (TPSA) is 44.5 Å². The highest BCUT2D eigenvalue weighted by atomic mass is 16.5. The van der Waals surface area contributed by atoms with Crippen LogP contribution >= 0.6 is 0 Å². The van der Waals surface area contributed by atoms with Gasteiger partial charge in [-0.15, -0.1) is 0 Å². The standard InChI is InChI=1S/C11H17NO2/c1-2-13-10-4-6-11(7-5-10)14-9-3-8-12/h4-7H,2-3,8-9,12H2,1H3. The van der Waals surface area contributed by atoms with Gasteiger partial charge in [0.2, 0.25) is 0 Å². The van der Waals surface area contributed by atoms with Crippen molar-refractivity contribution in [3.8, 4) is 11.5 Å². The van der Waals surface area contributed by atoms with Crippen molar-refractivity contribution in [3.05, 3.63) is 24.3 Å². The molecule has 0 atom stereocenters. The van der Waals surface area contributed by atoms with Crippen LogP contribution in [0.5, 0.6) is 11.5 Å². The average molecular weight is 195 g/mol. The number of benzene rings is 1. The summed E-state index contributed by atoms with van der Waals surface area (Å²) in [7, 11) is 0. The molecule has 0 bridgehead atoms. The van der Waals surface area contributed by atoms with Crippen LogP contribution in [0.15, 0.2) is 24.3 Å². The lowest BCUT2D eigenvalue weighted by molar-refractivity contribution is 0.310. The van der Waals surface area contributed by atoms with Crippen LogP contribution in [0.3, 0.4) is 0 Å². The van der Waals surface area contributed by atoms with Crippen molar-refractivity contribution < 1.29 is 9.47 Å². The Hall–Kier alpha value is -1.22. The van der Waals surface area contributed by atoms with Crippen molar-refractivity contribution in [1.29, 1.82) is 0 Å². The first-order valence-corrected chi connectivity index (χ1v) is 4.92. The van der Waals surface area contributed by atoms with Gasteiger partial charge in [0, 0.05) is 0 Å². The van der Waals surface area contributed by atoms with E-state index in [0.717, 1.165) is 17.9 Å². The number of ether oxygens (including phenoxy) is 2. The van der Waals surface area contributed by atoms with Gasteiger partial charge in [-0.2, -0.15) is 0 Å². The smallest absolute Gasteiger partial charge is 0.119 e. The lowest BCUT2D eigenvalue weighted by Gasteiger charge is -2.06. The highest BCUT2D eigenvalue weighted by Gasteiger charge is 1.94. The summed E-state index contributed by atoms with van der Waals surface area (Å²) >= 11 is 0. The molecule has 3 nitrogen and oxygen atoms in total. The summed E-state index contributed by atoms with van der Waals surface area (Å²) in [4.78, 5) is 0. The van der Waals surface area contributed by atoms with E-state index >= 15 is 0 Å². The first kappa shape index (κ1) is 10.9. The maximum Gasteiger partial charge on any atom is 0.119 e. The minimum atomic E-state index is 0.664. The SMILES string of the molecule is CCOc1ccc(OCCCN)cc1. The molecule has 1 rings (SSSR count). The molecule has 0 aliphatic heterocycles. The largest absolute Gasteiger partial charge is 0.494 e. The number of rotatable bonds is 6. The molecule has 0 aliphatic rings. The summed E-state index contributed by atoms with van der Waals surface area (Å²) < 4.78 is 10.8. The molecule has 2 N–H and O–H groups in total. The maximum atomic E-state index is 5.44. The summed E-state index contributed by atoms with van der Waals surface area (Å²) in [5.41, 5.74) is 5.36. The second kappa shape index (κ2) is 6.27. The van der Waals surface area contributed by atoms with Gasteiger partial charge in [0.25, 0.3) is 0 Å². The van der Waals surface area contributed by atoms with Gasteiger partial charge in [0.05, 0.1) is 13.2 Å². The van der Waals surface area contributed by atoms with E-state index in [9.17, 15) is 0 Å². The quantitative estimate of drug-likeness (QED) is 0.704. The molecule has 0 spiro atoms. The second-order valence-corrected chi connectivity index (χ2v) is 2.90. The van der Waals surface area contributed by atoms with Crippen LogP contribution < -0.4 is 15.2 Å². The van der Waals surface area contributed by atoms with E-state index in [0.29, 0.717) is 19.8 Å². The molecule has 1 aromatic carbocycles. The number of hydrogen-bond acceptors (Lipinski definition) is 3. The highest BCUT2D eigenvalue weighted by Crippen LogP contribution is 2.17. The Bertz CT molecular complexity index is 246. The Balaban J connectivity index is 2.38. The zero-order valence-corrected chi connectivity index (χ0v) is 8.53. The summed E-state index contributed by atoms with van der Waals surface area (Å²) in [6.07, 6.45) is 0.882. The molecule has 0 aromatic heterocycles. The maximum absolute atomic E-state index is 5.44. The van der Waals surface area contributed by atoms with E-state index in [4.69, 9.17) is 15.2 Å². The lowest BCUT2D eigenvalue weighted by atomic mass is 10.3. The van der Waals surface area contributed by atoms with Crippen molar-refractivity contribution in [1.82, 2.24) is 0 Å². The van der Waals surface area contributed by atoms with Gasteiger partial charge in [-0.05, 0) is 44.2 Å². The molecule has 0 unspecified atom stereocenters. The van der Waals surface area contributed by atoms with Crippen LogP contribution in [-0.4, -0.2) is 19.8 Å². The molecular formula is C11H17NO2. The molecule has 3 heteroatoms. The summed E-state index contributed by atoms with van der Waals surface area (Å²) in [6.45, 7) is 3.99. The Morgan fingerprint density at radius 2 is 1.64 bits per heavy atom. The van der Waals surface area contributed by atoms with Crippen LogP contribution in [0.1, 0.15) is 13.3 Å². The van der Waals surface area contributed by atoms with E-state index in [2.05, 4.69) is 0 Å². The van der Waals surface area contributed by atoms with Gasteiger partial charge in [0.1, 0.15) is 11.5 Å². The van der Waals surface area contributed by atoms with E-state index in [-0.39, 0.29) is 0 Å². The highest BCUT2D eigenvalue weighted by molar-refractivity contribution is 5.31. The monoisotopic (exact) mass is 195 g/mol. The van der Waals surface area contributed by atoms with Crippen molar-refractivity contribution >= 4 is 0 Å². The zero-order chi connectivity index (χ0) is 10.2. The predicted octanol–water partition coefficient (Wildman–Crippen LogP) is 1.81. The molecule has 0 saturated heterocycles. The molecule has 14 heavy (non-hydrogen) atoms. The molecule has 1 aromatic rings. The minimum absolute atomic E-state index is 0.664. The fourth-order valence-corrected chi connectivity index (χ4v) is 1.07. The van der Waals surface area contributed by atoms with Crippen LogP contribution in [0.25, 0.3) is 0 Å². The van der Waals surface area contributed by atoms with Gasteiger partial charge < -0.3 is 15.2 Å². The molecule has 0 aliphatic carbocycles. The molecule has 0 radical (unpaired) electrons. The van der Waals surface area contributed by atoms with Gasteiger partial charge in [-0.25, -0.2) is 0 Å². The summed E-state index contributed by atoms with van der Waals surface area (Å²) in [5.74, 6) is 1.74. The summed E-state index contributed by atoms with van der Waals surface area (Å²) in [6, 6.07) is 7.62. The average Bonchev–Trinajstić information content (AvgIpc) is 2.21. The van der Waals surface area contributed by atoms with Gasteiger partial charge in [0.15, 0.2) is 0 Å². The molecule has 78 valence electrons. The third-order valence-electron chi connectivity index (χ3n) is 1.75. The van der Waals surface area contributed by atoms with Crippen molar-refractivity contribution in [2.45, 2.75) is 13.3 Å². The third-order valence-corrected chi connectivity index (χ3v) is 1.75. The van der Waals surface area contributed by atoms with Crippen molar-refractivity contribution in [3.63, 3.8) is 0 Å². The Kier molecular flexibility index (Phi) is 4.86. The van der Waals surface area contributed by atoms with E-state index < -0.39 is 0 Å². The number of hydrogen-bond donors (Lipinski definition) is 1. The molecular weight excluding hydrogens is 178 g/mol. The third kappa shape index (κ3) is 3.66. The first-order valence-electron chi connectivity index (χ1n) is 4.92. The zero-order valence-electron chi connectivity index (χ0n) is 8.53. The van der Waals surface area contributed by atoms with E-state index in [1.54, 1.807) is 0 Å². The van der Waals surface area contributed by atoms with Crippen molar-refractivity contribution in [2.75, 3.05) is 19.8 Å². The van der Waals surface area contributed by atoms with Crippen LogP contribution in [-0.2, 0) is 0 Å². The second-order valence-electron chi connectivity index (χ2n) is 2.90. The van der Waals surface area contributed by atoms with E-state index in [1.807, 2.05) is 31.2 Å². The van der Waals surface area contributed by atoms with Crippen molar-refractivity contribution in [2.24, 2.45) is 5.73 Å². The Morgan fingerprint density at radius 3 is 2.14 bits per heavy atom. The Morgan fingerprint density at radius 1 is 1.07 bits per heavy atom. The van der Waals surface area contributed by atoms with Gasteiger partial charge in [-0.3, -0.25) is 0 Å². The van der Waals surface area contributed by atoms with E-state index in [1.165, 1.54) is 0 Å². The molecule has 0 fully saturated rings. The van der Waals surface area contributed by atoms with Crippen LogP contribution in [0.4, 0.5) is 0 Å². The number of nitrogens with two attached hydrogens (primary N) is 1. The fourth-order valence-electron chi connectivity index (χ4n) is 1.07. The summed E-state index contributed by atoms with van der Waals surface area (Å²) in [5, 5.41) is 0. The van der Waals surface area contributed by atoms with Gasteiger partial charge >= 0.3 is 0 Å².